The minimum Gasteiger partial charge on any atom is -0.380 e. The van der Waals surface area contributed by atoms with E-state index in [4.69, 9.17) is 0 Å². The minimum atomic E-state index is -1.36. The first-order valence-electron chi connectivity index (χ1n) is 7.22. The van der Waals surface area contributed by atoms with Crippen LogP contribution >= 0.6 is 0 Å². The van der Waals surface area contributed by atoms with Gasteiger partial charge in [0, 0.05) is 12.7 Å². The summed E-state index contributed by atoms with van der Waals surface area (Å²) in [6.07, 6.45) is 3.81. The SMILES string of the molecule is C/C=C\C1C(Cc2c(F)c(F)c(COC)c(F)c2F)C1(C)C. The second-order valence-electron chi connectivity index (χ2n) is 6.33. The third kappa shape index (κ3) is 2.67. The molecule has 1 aromatic carbocycles. The molecule has 1 aliphatic carbocycles. The number of hydrogen-bond donors (Lipinski definition) is 0. The summed E-state index contributed by atoms with van der Waals surface area (Å²) in [7, 11) is 1.21. The third-order valence-electron chi connectivity index (χ3n) is 4.70. The zero-order chi connectivity index (χ0) is 16.7. The summed E-state index contributed by atoms with van der Waals surface area (Å²) >= 11 is 0. The second-order valence-corrected chi connectivity index (χ2v) is 6.33. The van der Waals surface area contributed by atoms with Crippen LogP contribution in [0.5, 0.6) is 0 Å². The lowest BCUT2D eigenvalue weighted by atomic mass is 9.99. The lowest BCUT2D eigenvalue weighted by molar-refractivity contribution is 0.175. The van der Waals surface area contributed by atoms with Crippen molar-refractivity contribution in [2.45, 2.75) is 33.8 Å². The summed E-state index contributed by atoms with van der Waals surface area (Å²) in [5.41, 5.74) is -1.36. The van der Waals surface area contributed by atoms with Gasteiger partial charge >= 0.3 is 0 Å². The van der Waals surface area contributed by atoms with Crippen molar-refractivity contribution >= 4 is 0 Å². The fraction of sp³-hybridized carbons (Fsp3) is 0.529. The molecule has 1 fully saturated rings. The molecule has 2 atom stereocenters. The van der Waals surface area contributed by atoms with Gasteiger partial charge in [-0.25, -0.2) is 17.6 Å². The average molecular weight is 316 g/mol. The first-order valence-corrected chi connectivity index (χ1v) is 7.22. The van der Waals surface area contributed by atoms with E-state index in [-0.39, 0.29) is 23.7 Å². The summed E-state index contributed by atoms with van der Waals surface area (Å²) in [4.78, 5) is 0. The van der Waals surface area contributed by atoms with Gasteiger partial charge in [-0.1, -0.05) is 26.0 Å². The Bertz CT molecular complexity index is 578. The van der Waals surface area contributed by atoms with Crippen LogP contribution in [0.3, 0.4) is 0 Å². The normalized spacial score (nSPS) is 23.3. The van der Waals surface area contributed by atoms with Crippen LogP contribution < -0.4 is 0 Å². The maximum Gasteiger partial charge on any atom is 0.167 e. The Morgan fingerprint density at radius 1 is 1.00 bits per heavy atom. The van der Waals surface area contributed by atoms with E-state index in [9.17, 15) is 17.6 Å². The maximum atomic E-state index is 14.1. The molecule has 0 N–H and O–H groups in total. The van der Waals surface area contributed by atoms with Crippen molar-refractivity contribution in [1.29, 1.82) is 0 Å². The number of rotatable bonds is 5. The quantitative estimate of drug-likeness (QED) is 0.431. The Morgan fingerprint density at radius 3 is 1.95 bits per heavy atom. The van der Waals surface area contributed by atoms with Gasteiger partial charge in [-0.15, -0.1) is 0 Å². The van der Waals surface area contributed by atoms with Crippen molar-refractivity contribution in [2.24, 2.45) is 17.3 Å². The molecule has 0 bridgehead atoms. The summed E-state index contributed by atoms with van der Waals surface area (Å²) in [5.74, 6) is -5.24. The van der Waals surface area contributed by atoms with E-state index in [1.165, 1.54) is 7.11 Å². The molecule has 5 heteroatoms. The maximum absolute atomic E-state index is 14.1. The predicted octanol–water partition coefficient (Wildman–Crippen LogP) is 4.78. The summed E-state index contributed by atoms with van der Waals surface area (Å²) in [6, 6.07) is 0. The summed E-state index contributed by atoms with van der Waals surface area (Å²) in [5, 5.41) is 0. The van der Waals surface area contributed by atoms with Crippen molar-refractivity contribution in [3.63, 3.8) is 0 Å². The van der Waals surface area contributed by atoms with Crippen LogP contribution in [-0.4, -0.2) is 7.11 Å². The number of halogens is 4. The molecule has 0 spiro atoms. The van der Waals surface area contributed by atoms with E-state index in [0.29, 0.717) is 0 Å². The highest BCUT2D eigenvalue weighted by atomic mass is 19.2. The van der Waals surface area contributed by atoms with Crippen molar-refractivity contribution in [2.75, 3.05) is 7.11 Å². The molecule has 0 radical (unpaired) electrons. The number of benzene rings is 1. The highest BCUT2D eigenvalue weighted by Crippen LogP contribution is 2.60. The highest BCUT2D eigenvalue weighted by Gasteiger charge is 2.56. The molecule has 1 saturated carbocycles. The molecular weight excluding hydrogens is 296 g/mol. The molecule has 122 valence electrons. The average Bonchev–Trinajstić information content (AvgIpc) is 2.98. The van der Waals surface area contributed by atoms with Crippen LogP contribution in [0.4, 0.5) is 17.6 Å². The third-order valence-corrected chi connectivity index (χ3v) is 4.70. The fourth-order valence-corrected chi connectivity index (χ4v) is 3.16. The molecule has 1 nitrogen and oxygen atoms in total. The van der Waals surface area contributed by atoms with Gasteiger partial charge in [-0.3, -0.25) is 0 Å². The number of ether oxygens (including phenoxy) is 1. The molecule has 2 unspecified atom stereocenters. The molecule has 0 amide bonds. The Labute approximate surface area is 128 Å². The predicted molar refractivity (Wildman–Crippen MR) is 76.3 cm³/mol. The summed E-state index contributed by atoms with van der Waals surface area (Å²) in [6.45, 7) is 5.31. The van der Waals surface area contributed by atoms with Crippen LogP contribution in [0.1, 0.15) is 31.9 Å². The largest absolute Gasteiger partial charge is 0.380 e. The molecular formula is C17H20F4O. The smallest absolute Gasteiger partial charge is 0.167 e. The van der Waals surface area contributed by atoms with E-state index in [1.807, 2.05) is 32.9 Å². The van der Waals surface area contributed by atoms with E-state index in [0.717, 1.165) is 0 Å². The first-order chi connectivity index (χ1) is 10.3. The lowest BCUT2D eigenvalue weighted by Gasteiger charge is -2.12. The summed E-state index contributed by atoms with van der Waals surface area (Å²) < 4.78 is 60.7. The zero-order valence-electron chi connectivity index (χ0n) is 13.1. The van der Waals surface area contributed by atoms with Crippen molar-refractivity contribution in [1.82, 2.24) is 0 Å². The van der Waals surface area contributed by atoms with Gasteiger partial charge in [0.1, 0.15) is 0 Å². The fourth-order valence-electron chi connectivity index (χ4n) is 3.16. The van der Waals surface area contributed by atoms with Gasteiger partial charge in [-0.2, -0.15) is 0 Å². The molecule has 0 aromatic heterocycles. The van der Waals surface area contributed by atoms with E-state index < -0.39 is 41.0 Å². The van der Waals surface area contributed by atoms with E-state index in [1.54, 1.807) is 0 Å². The van der Waals surface area contributed by atoms with E-state index in [2.05, 4.69) is 4.74 Å². The molecule has 0 heterocycles. The number of allylic oxidation sites excluding steroid dienone is 2. The van der Waals surface area contributed by atoms with E-state index >= 15 is 0 Å². The molecule has 1 aromatic rings. The Balaban J connectivity index is 2.38. The lowest BCUT2D eigenvalue weighted by Crippen LogP contribution is -2.11. The number of methoxy groups -OCH3 is 1. The van der Waals surface area contributed by atoms with Crippen LogP contribution in [0.15, 0.2) is 12.2 Å². The Kier molecular flexibility index (Phi) is 4.66. The van der Waals surface area contributed by atoms with Crippen molar-refractivity contribution in [3.05, 3.63) is 46.5 Å². The van der Waals surface area contributed by atoms with Crippen LogP contribution in [0.2, 0.25) is 0 Å². The van der Waals surface area contributed by atoms with Crippen LogP contribution in [0, 0.1) is 40.5 Å². The van der Waals surface area contributed by atoms with Gasteiger partial charge in [0.25, 0.3) is 0 Å². The van der Waals surface area contributed by atoms with Crippen LogP contribution in [-0.2, 0) is 17.8 Å². The molecule has 2 rings (SSSR count). The Morgan fingerprint density at radius 2 is 1.50 bits per heavy atom. The zero-order valence-corrected chi connectivity index (χ0v) is 13.1. The standard InChI is InChI=1S/C17H20F4O/c1-5-6-11-12(17(11,2)3)7-9-13(18)15(20)10(8-22-4)16(21)14(9)19/h5-6,11-12H,7-8H2,1-4H3/b6-5-. The van der Waals surface area contributed by atoms with Gasteiger partial charge < -0.3 is 4.74 Å². The van der Waals surface area contributed by atoms with Gasteiger partial charge in [0.2, 0.25) is 0 Å². The second kappa shape index (κ2) is 6.03. The molecule has 0 saturated heterocycles. The molecule has 22 heavy (non-hydrogen) atoms. The van der Waals surface area contributed by atoms with Crippen molar-refractivity contribution < 1.29 is 22.3 Å². The monoisotopic (exact) mass is 316 g/mol. The van der Waals surface area contributed by atoms with Gasteiger partial charge in [-0.05, 0) is 30.6 Å². The van der Waals surface area contributed by atoms with Crippen molar-refractivity contribution in [3.8, 4) is 0 Å². The number of hydrogen-bond acceptors (Lipinski definition) is 1. The minimum absolute atomic E-state index is 0.0270. The molecule has 0 aliphatic heterocycles. The topological polar surface area (TPSA) is 9.23 Å². The highest BCUT2D eigenvalue weighted by molar-refractivity contribution is 5.32. The Hall–Kier alpha value is -1.36. The molecule has 1 aliphatic rings. The van der Waals surface area contributed by atoms with Gasteiger partial charge in [0.15, 0.2) is 23.3 Å². The van der Waals surface area contributed by atoms with Gasteiger partial charge in [0.05, 0.1) is 12.2 Å². The van der Waals surface area contributed by atoms with Crippen LogP contribution in [0.25, 0.3) is 0 Å². The first kappa shape index (κ1) is 17.0.